The van der Waals surface area contributed by atoms with Gasteiger partial charge in [-0.3, -0.25) is 9.59 Å². The molecule has 31 heavy (non-hydrogen) atoms. The number of oxazole rings is 1. The van der Waals surface area contributed by atoms with Gasteiger partial charge in [-0.25, -0.2) is 9.78 Å². The Morgan fingerprint density at radius 3 is 2.39 bits per heavy atom. The Morgan fingerprint density at radius 1 is 1.00 bits per heavy atom. The van der Waals surface area contributed by atoms with E-state index in [9.17, 15) is 14.4 Å². The van der Waals surface area contributed by atoms with Crippen LogP contribution in [0.1, 0.15) is 5.56 Å². The van der Waals surface area contributed by atoms with Crippen LogP contribution in [0.4, 0.5) is 16.2 Å². The average molecular weight is 424 g/mol. The molecule has 3 rings (SSSR count). The van der Waals surface area contributed by atoms with Crippen molar-refractivity contribution in [3.05, 3.63) is 60.6 Å². The molecule has 10 nitrogen and oxygen atoms in total. The molecule has 0 aliphatic heterocycles. The third-order valence-electron chi connectivity index (χ3n) is 4.17. The summed E-state index contributed by atoms with van der Waals surface area (Å²) in [5, 5.41) is 7.57. The number of carbonyl (C=O) groups is 3. The van der Waals surface area contributed by atoms with Crippen molar-refractivity contribution < 1.29 is 28.3 Å². The number of hydrogen-bond acceptors (Lipinski definition) is 7. The quantitative estimate of drug-likeness (QED) is 0.519. The SMILES string of the molecule is COC(=O)NCc1cccc(NC(=O)C(=O)Nc2ccc(-c3cnco3)c(OC)c2)c1. The van der Waals surface area contributed by atoms with Gasteiger partial charge in [0.2, 0.25) is 0 Å². The van der Waals surface area contributed by atoms with Gasteiger partial charge in [0, 0.05) is 24.0 Å². The number of ether oxygens (including phenoxy) is 2. The highest BCUT2D eigenvalue weighted by Crippen LogP contribution is 2.32. The van der Waals surface area contributed by atoms with Crippen molar-refractivity contribution in [2.24, 2.45) is 0 Å². The molecule has 3 amide bonds. The molecule has 10 heteroatoms. The molecule has 1 aromatic heterocycles. The van der Waals surface area contributed by atoms with Gasteiger partial charge in [-0.05, 0) is 29.8 Å². The van der Waals surface area contributed by atoms with Crippen LogP contribution in [-0.2, 0) is 20.9 Å². The molecule has 0 unspecified atom stereocenters. The van der Waals surface area contributed by atoms with Crippen molar-refractivity contribution in [2.75, 3.05) is 24.9 Å². The van der Waals surface area contributed by atoms with E-state index in [1.807, 2.05) is 0 Å². The molecule has 0 spiro atoms. The van der Waals surface area contributed by atoms with Gasteiger partial charge in [0.25, 0.3) is 0 Å². The number of aromatic nitrogens is 1. The summed E-state index contributed by atoms with van der Waals surface area (Å²) >= 11 is 0. The maximum atomic E-state index is 12.3. The van der Waals surface area contributed by atoms with Gasteiger partial charge in [-0.2, -0.15) is 0 Å². The van der Waals surface area contributed by atoms with E-state index in [4.69, 9.17) is 9.15 Å². The van der Waals surface area contributed by atoms with Crippen LogP contribution in [0.3, 0.4) is 0 Å². The third-order valence-corrected chi connectivity index (χ3v) is 4.17. The molecule has 0 aliphatic rings. The molecule has 0 atom stereocenters. The summed E-state index contributed by atoms with van der Waals surface area (Å²) in [4.78, 5) is 39.6. The van der Waals surface area contributed by atoms with E-state index < -0.39 is 17.9 Å². The fraction of sp³-hybridized carbons (Fsp3) is 0.143. The zero-order valence-electron chi connectivity index (χ0n) is 16.8. The molecule has 160 valence electrons. The Morgan fingerprint density at radius 2 is 1.74 bits per heavy atom. The van der Waals surface area contributed by atoms with Gasteiger partial charge >= 0.3 is 17.9 Å². The molecule has 0 bridgehead atoms. The molecule has 0 aliphatic carbocycles. The summed E-state index contributed by atoms with van der Waals surface area (Å²) in [6.45, 7) is 0.208. The number of hydrogen-bond donors (Lipinski definition) is 3. The van der Waals surface area contributed by atoms with Crippen molar-refractivity contribution in [3.8, 4) is 17.1 Å². The second-order valence-electron chi connectivity index (χ2n) is 6.23. The highest BCUT2D eigenvalue weighted by atomic mass is 16.5. The van der Waals surface area contributed by atoms with Crippen LogP contribution in [0.5, 0.6) is 5.75 Å². The maximum absolute atomic E-state index is 12.3. The van der Waals surface area contributed by atoms with Crippen LogP contribution in [0.15, 0.2) is 59.5 Å². The normalized spacial score (nSPS) is 10.1. The molecular formula is C21H20N4O6. The minimum atomic E-state index is -0.854. The Balaban J connectivity index is 1.63. The Bertz CT molecular complexity index is 1080. The van der Waals surface area contributed by atoms with Crippen LogP contribution in [0, 0.1) is 0 Å². The number of rotatable bonds is 6. The van der Waals surface area contributed by atoms with E-state index in [0.29, 0.717) is 28.4 Å². The number of methoxy groups -OCH3 is 2. The van der Waals surface area contributed by atoms with Crippen LogP contribution in [0.2, 0.25) is 0 Å². The predicted molar refractivity (Wildman–Crippen MR) is 111 cm³/mol. The van der Waals surface area contributed by atoms with Gasteiger partial charge in [-0.15, -0.1) is 0 Å². The summed E-state index contributed by atoms with van der Waals surface area (Å²) in [5.74, 6) is -0.751. The molecule has 3 N–H and O–H groups in total. The summed E-state index contributed by atoms with van der Waals surface area (Å²) in [6.07, 6.45) is 2.27. The van der Waals surface area contributed by atoms with Crippen LogP contribution in [0.25, 0.3) is 11.3 Å². The smallest absolute Gasteiger partial charge is 0.407 e. The Labute approximate surface area is 177 Å². The number of amides is 3. The second-order valence-corrected chi connectivity index (χ2v) is 6.23. The van der Waals surface area contributed by atoms with Crippen LogP contribution < -0.4 is 20.7 Å². The van der Waals surface area contributed by atoms with Crippen molar-refractivity contribution in [2.45, 2.75) is 6.54 Å². The molecule has 3 aromatic rings. The topological polar surface area (TPSA) is 132 Å². The highest BCUT2D eigenvalue weighted by Gasteiger charge is 2.16. The Hall–Kier alpha value is -4.34. The average Bonchev–Trinajstić information content (AvgIpc) is 3.32. The van der Waals surface area contributed by atoms with Crippen molar-refractivity contribution in [1.82, 2.24) is 10.3 Å². The van der Waals surface area contributed by atoms with Gasteiger partial charge in [0.05, 0.1) is 26.0 Å². The maximum Gasteiger partial charge on any atom is 0.407 e. The number of anilines is 2. The first kappa shape index (κ1) is 21.4. The summed E-state index contributed by atoms with van der Waals surface area (Å²) in [7, 11) is 2.75. The number of nitrogens with zero attached hydrogens (tertiary/aromatic N) is 1. The lowest BCUT2D eigenvalue weighted by Crippen LogP contribution is -2.29. The highest BCUT2D eigenvalue weighted by molar-refractivity contribution is 6.43. The number of alkyl carbamates (subject to hydrolysis) is 1. The lowest BCUT2D eigenvalue weighted by Gasteiger charge is -2.11. The number of nitrogens with one attached hydrogen (secondary N) is 3. The molecular weight excluding hydrogens is 404 g/mol. The van der Waals surface area contributed by atoms with E-state index in [-0.39, 0.29) is 6.54 Å². The lowest BCUT2D eigenvalue weighted by atomic mass is 10.1. The first-order valence-corrected chi connectivity index (χ1v) is 9.10. The second kappa shape index (κ2) is 9.92. The minimum absolute atomic E-state index is 0.208. The largest absolute Gasteiger partial charge is 0.496 e. The molecule has 0 saturated heterocycles. The molecule has 0 radical (unpaired) electrons. The summed E-state index contributed by atoms with van der Waals surface area (Å²) in [6, 6.07) is 11.6. The van der Waals surface area contributed by atoms with E-state index in [0.717, 1.165) is 5.56 Å². The number of benzene rings is 2. The van der Waals surface area contributed by atoms with Crippen LogP contribution in [-0.4, -0.2) is 37.1 Å². The van der Waals surface area contributed by atoms with Crippen molar-refractivity contribution >= 4 is 29.3 Å². The zero-order chi connectivity index (χ0) is 22.2. The first-order chi connectivity index (χ1) is 15.0. The third kappa shape index (κ3) is 5.60. The van der Waals surface area contributed by atoms with E-state index in [1.165, 1.54) is 20.6 Å². The van der Waals surface area contributed by atoms with E-state index >= 15 is 0 Å². The standard InChI is InChI=1S/C21H20N4O6/c1-29-17-9-15(6-7-16(17)18-11-22-12-31-18)25-20(27)19(26)24-14-5-3-4-13(8-14)10-23-21(28)30-2/h3-9,11-12H,10H2,1-2H3,(H,23,28)(H,24,26)(H,25,27). The molecule has 0 fully saturated rings. The fourth-order valence-electron chi connectivity index (χ4n) is 2.70. The van der Waals surface area contributed by atoms with Crippen LogP contribution >= 0.6 is 0 Å². The van der Waals surface area contributed by atoms with E-state index in [2.05, 4.69) is 25.7 Å². The summed E-state index contributed by atoms with van der Waals surface area (Å²) in [5.41, 5.74) is 2.15. The lowest BCUT2D eigenvalue weighted by molar-refractivity contribution is -0.132. The van der Waals surface area contributed by atoms with Gasteiger partial charge < -0.3 is 29.8 Å². The van der Waals surface area contributed by atoms with Crippen molar-refractivity contribution in [1.29, 1.82) is 0 Å². The first-order valence-electron chi connectivity index (χ1n) is 9.10. The van der Waals surface area contributed by atoms with Gasteiger partial charge in [-0.1, -0.05) is 12.1 Å². The van der Waals surface area contributed by atoms with Gasteiger partial charge in [0.1, 0.15) is 5.75 Å². The number of carbonyl (C=O) groups excluding carboxylic acids is 3. The monoisotopic (exact) mass is 424 g/mol. The molecule has 1 heterocycles. The zero-order valence-corrected chi connectivity index (χ0v) is 16.8. The minimum Gasteiger partial charge on any atom is -0.496 e. The predicted octanol–water partition coefficient (Wildman–Crippen LogP) is 2.78. The Kier molecular flexibility index (Phi) is 6.84. The molecule has 0 saturated carbocycles. The van der Waals surface area contributed by atoms with Gasteiger partial charge in [0.15, 0.2) is 12.2 Å². The summed E-state index contributed by atoms with van der Waals surface area (Å²) < 4.78 is 15.1. The fourth-order valence-corrected chi connectivity index (χ4v) is 2.70. The van der Waals surface area contributed by atoms with E-state index in [1.54, 1.807) is 48.7 Å². The molecule has 2 aromatic carbocycles. The van der Waals surface area contributed by atoms with Crippen molar-refractivity contribution in [3.63, 3.8) is 0 Å².